The predicted octanol–water partition coefficient (Wildman–Crippen LogP) is 2.13. The van der Waals surface area contributed by atoms with Crippen molar-refractivity contribution in [3.05, 3.63) is 48.4 Å². The fourth-order valence-corrected chi connectivity index (χ4v) is 3.28. The number of sulfone groups is 1. The molecule has 0 bridgehead atoms. The van der Waals surface area contributed by atoms with Crippen molar-refractivity contribution in [2.75, 3.05) is 12.3 Å². The lowest BCUT2D eigenvalue weighted by atomic mass is 10.2. The second-order valence-electron chi connectivity index (χ2n) is 4.43. The maximum Gasteiger partial charge on any atom is 0.404 e. The fourth-order valence-electron chi connectivity index (χ4n) is 1.89. The molecule has 0 aliphatic carbocycles. The molecule has 2 rings (SSSR count). The molecule has 2 N–H and O–H groups in total. The van der Waals surface area contributed by atoms with Crippen LogP contribution in [0.5, 0.6) is 0 Å². The van der Waals surface area contributed by atoms with Crippen LogP contribution in [0.1, 0.15) is 0 Å². The van der Waals surface area contributed by atoms with Crippen molar-refractivity contribution in [2.45, 2.75) is 4.90 Å². The van der Waals surface area contributed by atoms with E-state index in [4.69, 9.17) is 5.11 Å². The van der Waals surface area contributed by atoms with Crippen molar-refractivity contribution < 1.29 is 22.7 Å². The number of amides is 1. The summed E-state index contributed by atoms with van der Waals surface area (Å²) in [6, 6.07) is 8.03. The molecular weight excluding hydrogens is 311 g/mol. The summed E-state index contributed by atoms with van der Waals surface area (Å²) in [5, 5.41) is 10.9. The molecule has 2 aromatic rings. The second-order valence-corrected chi connectivity index (χ2v) is 6.39. The lowest BCUT2D eigenvalue weighted by Gasteiger charge is -2.06. The van der Waals surface area contributed by atoms with Crippen LogP contribution in [0.3, 0.4) is 0 Å². The Morgan fingerprint density at radius 2 is 2.05 bits per heavy atom. The smallest absolute Gasteiger partial charge is 0.404 e. The number of halogens is 1. The van der Waals surface area contributed by atoms with Gasteiger partial charge < -0.3 is 10.4 Å². The van der Waals surface area contributed by atoms with Gasteiger partial charge in [-0.2, -0.15) is 0 Å². The first-order chi connectivity index (χ1) is 10.4. The van der Waals surface area contributed by atoms with Gasteiger partial charge in [-0.25, -0.2) is 17.6 Å². The largest absolute Gasteiger partial charge is 0.465 e. The van der Waals surface area contributed by atoms with Crippen LogP contribution in [-0.4, -0.2) is 36.9 Å². The van der Waals surface area contributed by atoms with Crippen molar-refractivity contribution in [1.82, 2.24) is 10.3 Å². The van der Waals surface area contributed by atoms with Gasteiger partial charge in [0.2, 0.25) is 0 Å². The molecule has 0 unspecified atom stereocenters. The highest BCUT2D eigenvalue weighted by Gasteiger charge is 2.20. The first kappa shape index (κ1) is 15.9. The second kappa shape index (κ2) is 6.52. The summed E-state index contributed by atoms with van der Waals surface area (Å²) in [6.07, 6.45) is 1.03. The first-order valence-corrected chi connectivity index (χ1v) is 7.93. The van der Waals surface area contributed by atoms with E-state index in [0.717, 1.165) is 6.08 Å². The van der Waals surface area contributed by atoms with Crippen LogP contribution in [-0.2, 0) is 9.84 Å². The van der Waals surface area contributed by atoms with Crippen molar-refractivity contribution in [3.63, 3.8) is 0 Å². The lowest BCUT2D eigenvalue weighted by molar-refractivity contribution is 0.195. The Morgan fingerprint density at radius 3 is 2.77 bits per heavy atom. The molecule has 22 heavy (non-hydrogen) atoms. The van der Waals surface area contributed by atoms with Crippen molar-refractivity contribution >= 4 is 26.8 Å². The molecule has 0 spiro atoms. The standard InChI is InChI=1S/C14H13FN2O4S/c15-11(6-8-17-14(18)19)9-22(20,21)12-5-1-3-10-4-2-7-16-13(10)12/h1-7,17H,8-9H2,(H,18,19)/b11-6-. The third-order valence-corrected chi connectivity index (χ3v) is 4.49. The minimum atomic E-state index is -3.92. The molecule has 0 atom stereocenters. The van der Waals surface area contributed by atoms with Crippen LogP contribution >= 0.6 is 0 Å². The number of rotatable bonds is 5. The third-order valence-electron chi connectivity index (χ3n) is 2.84. The number of nitrogens with zero attached hydrogens (tertiary/aromatic N) is 1. The van der Waals surface area contributed by atoms with Gasteiger partial charge in [0.05, 0.1) is 10.4 Å². The highest BCUT2D eigenvalue weighted by atomic mass is 32.2. The summed E-state index contributed by atoms with van der Waals surface area (Å²) in [4.78, 5) is 14.2. The van der Waals surface area contributed by atoms with Gasteiger partial charge in [-0.15, -0.1) is 0 Å². The number of nitrogens with one attached hydrogen (secondary N) is 1. The molecule has 0 saturated heterocycles. The van der Waals surface area contributed by atoms with Crippen LogP contribution in [0.15, 0.2) is 53.3 Å². The number of para-hydroxylation sites is 1. The Kier molecular flexibility index (Phi) is 4.71. The maximum atomic E-state index is 13.7. The monoisotopic (exact) mass is 324 g/mol. The molecule has 6 nitrogen and oxygen atoms in total. The van der Waals surface area contributed by atoms with E-state index in [1.807, 2.05) is 5.32 Å². The summed E-state index contributed by atoms with van der Waals surface area (Å²) >= 11 is 0. The van der Waals surface area contributed by atoms with Crippen molar-refractivity contribution in [1.29, 1.82) is 0 Å². The van der Waals surface area contributed by atoms with Crippen LogP contribution in [0.2, 0.25) is 0 Å². The molecule has 0 aliphatic rings. The molecule has 0 saturated carbocycles. The molecule has 1 aromatic carbocycles. The molecular formula is C14H13FN2O4S. The summed E-state index contributed by atoms with van der Waals surface area (Å²) in [5.41, 5.74) is 0.279. The summed E-state index contributed by atoms with van der Waals surface area (Å²) in [6.45, 7) is -0.301. The third kappa shape index (κ3) is 3.79. The zero-order valence-electron chi connectivity index (χ0n) is 11.4. The highest BCUT2D eigenvalue weighted by molar-refractivity contribution is 7.91. The van der Waals surface area contributed by atoms with Gasteiger partial charge in [-0.05, 0) is 18.2 Å². The van der Waals surface area contributed by atoms with E-state index >= 15 is 0 Å². The minimum absolute atomic E-state index is 0.0552. The summed E-state index contributed by atoms with van der Waals surface area (Å²) in [7, 11) is -3.92. The minimum Gasteiger partial charge on any atom is -0.465 e. The maximum absolute atomic E-state index is 13.7. The Hall–Kier alpha value is -2.48. The van der Waals surface area contributed by atoms with E-state index in [1.54, 1.807) is 24.3 Å². The van der Waals surface area contributed by atoms with Gasteiger partial charge in [0.15, 0.2) is 9.84 Å². The Balaban J connectivity index is 2.28. The van der Waals surface area contributed by atoms with Gasteiger partial charge >= 0.3 is 6.09 Å². The number of carbonyl (C=O) groups is 1. The van der Waals surface area contributed by atoms with Crippen LogP contribution in [0, 0.1) is 0 Å². The molecule has 1 heterocycles. The topological polar surface area (TPSA) is 96.4 Å². The van der Waals surface area contributed by atoms with Gasteiger partial charge in [-0.1, -0.05) is 18.2 Å². The number of benzene rings is 1. The molecule has 1 amide bonds. The average Bonchev–Trinajstić information content (AvgIpc) is 2.45. The van der Waals surface area contributed by atoms with E-state index in [-0.39, 0.29) is 17.0 Å². The van der Waals surface area contributed by atoms with E-state index in [9.17, 15) is 17.6 Å². The SMILES string of the molecule is O=C(O)NC/C=C(\F)CS(=O)(=O)c1cccc2cccnc12. The lowest BCUT2D eigenvalue weighted by Crippen LogP contribution is -2.21. The van der Waals surface area contributed by atoms with Gasteiger partial charge in [0.1, 0.15) is 11.6 Å². The molecule has 0 fully saturated rings. The zero-order valence-corrected chi connectivity index (χ0v) is 12.2. The van der Waals surface area contributed by atoms with Gasteiger partial charge in [-0.3, -0.25) is 4.98 Å². The molecule has 116 valence electrons. The number of hydrogen-bond acceptors (Lipinski definition) is 4. The summed E-state index contributed by atoms with van der Waals surface area (Å²) in [5.74, 6) is -1.77. The Labute approximate surface area is 126 Å². The summed E-state index contributed by atoms with van der Waals surface area (Å²) < 4.78 is 38.3. The normalized spacial score (nSPS) is 12.3. The van der Waals surface area contributed by atoms with E-state index in [0.29, 0.717) is 5.39 Å². The predicted molar refractivity (Wildman–Crippen MR) is 79.0 cm³/mol. The molecule has 1 aromatic heterocycles. The first-order valence-electron chi connectivity index (χ1n) is 6.28. The van der Waals surface area contributed by atoms with E-state index in [2.05, 4.69) is 4.98 Å². The van der Waals surface area contributed by atoms with Crippen LogP contribution < -0.4 is 5.32 Å². The quantitative estimate of drug-likeness (QED) is 0.878. The number of aromatic nitrogens is 1. The number of hydrogen-bond donors (Lipinski definition) is 2. The number of carboxylic acid groups (broad SMARTS) is 1. The number of pyridine rings is 1. The highest BCUT2D eigenvalue weighted by Crippen LogP contribution is 2.23. The van der Waals surface area contributed by atoms with E-state index in [1.165, 1.54) is 12.3 Å². The molecule has 0 aliphatic heterocycles. The van der Waals surface area contributed by atoms with Crippen LogP contribution in [0.25, 0.3) is 10.9 Å². The Bertz CT molecular complexity index is 828. The molecule has 0 radical (unpaired) electrons. The van der Waals surface area contributed by atoms with Crippen molar-refractivity contribution in [2.24, 2.45) is 0 Å². The van der Waals surface area contributed by atoms with Crippen molar-refractivity contribution in [3.8, 4) is 0 Å². The zero-order chi connectivity index (χ0) is 16.2. The average molecular weight is 324 g/mol. The Morgan fingerprint density at radius 1 is 1.32 bits per heavy atom. The van der Waals surface area contributed by atoms with E-state index < -0.39 is 27.5 Å². The van der Waals surface area contributed by atoms with Gasteiger partial charge in [0.25, 0.3) is 0 Å². The van der Waals surface area contributed by atoms with Gasteiger partial charge in [0, 0.05) is 18.1 Å². The van der Waals surface area contributed by atoms with Crippen LogP contribution in [0.4, 0.5) is 9.18 Å². The number of fused-ring (bicyclic) bond motifs is 1. The fraction of sp³-hybridized carbons (Fsp3) is 0.143. The molecule has 8 heteroatoms.